The van der Waals surface area contributed by atoms with E-state index in [0.29, 0.717) is 0 Å². The fraction of sp³-hybridized carbons (Fsp3) is 0.875. The van der Waals surface area contributed by atoms with E-state index in [4.69, 9.17) is 5.11 Å². The first kappa shape index (κ1) is 12.8. The summed E-state index contributed by atoms with van der Waals surface area (Å²) in [5.41, 5.74) is 0. The summed E-state index contributed by atoms with van der Waals surface area (Å²) in [5.74, 6) is -0.470. The zero-order valence-electron chi connectivity index (χ0n) is 7.67. The van der Waals surface area contributed by atoms with Crippen molar-refractivity contribution in [2.24, 2.45) is 0 Å². The number of aliphatic hydroxyl groups excluding tert-OH is 1. The van der Waals surface area contributed by atoms with Crippen molar-refractivity contribution in [3.8, 4) is 0 Å². The first-order valence-corrected chi connectivity index (χ1v) is 5.03. The van der Waals surface area contributed by atoms with Crippen LogP contribution in [0.3, 0.4) is 0 Å². The van der Waals surface area contributed by atoms with Crippen molar-refractivity contribution >= 4 is 21.9 Å². The number of ether oxygens (including phenoxy) is 1. The third-order valence-corrected chi connectivity index (χ3v) is 2.27. The molecule has 0 aliphatic rings. The summed E-state index contributed by atoms with van der Waals surface area (Å²) in [5, 5.41) is 9.10. The van der Waals surface area contributed by atoms with Crippen molar-refractivity contribution in [3.05, 3.63) is 0 Å². The van der Waals surface area contributed by atoms with Crippen LogP contribution >= 0.6 is 15.9 Å². The second kappa shape index (κ2) is 6.32. The van der Waals surface area contributed by atoms with Gasteiger partial charge in [0.25, 0.3) is 0 Å². The molecule has 0 heterocycles. The van der Waals surface area contributed by atoms with Crippen molar-refractivity contribution in [1.82, 2.24) is 0 Å². The van der Waals surface area contributed by atoms with Gasteiger partial charge in [0.2, 0.25) is 0 Å². The van der Waals surface area contributed by atoms with Gasteiger partial charge in [-0.25, -0.2) is 4.39 Å². The van der Waals surface area contributed by atoms with E-state index in [1.54, 1.807) is 6.92 Å². The highest BCUT2D eigenvalue weighted by Crippen LogP contribution is 2.13. The molecule has 0 rings (SSSR count). The van der Waals surface area contributed by atoms with Gasteiger partial charge in [0.15, 0.2) is 0 Å². The predicted molar refractivity (Wildman–Crippen MR) is 50.5 cm³/mol. The molecule has 0 aromatic rings. The maximum Gasteiger partial charge on any atom is 0.319 e. The average molecular weight is 257 g/mol. The van der Waals surface area contributed by atoms with E-state index in [1.165, 1.54) is 6.92 Å². The van der Waals surface area contributed by atoms with Gasteiger partial charge in [-0.1, -0.05) is 15.9 Å². The second-order valence-electron chi connectivity index (χ2n) is 2.70. The molecule has 0 aromatic carbocycles. The molecule has 0 radical (unpaired) electrons. The predicted octanol–water partition coefficient (Wildman–Crippen LogP) is 1.42. The minimum absolute atomic E-state index is 0.0243. The zero-order chi connectivity index (χ0) is 10.4. The lowest BCUT2D eigenvalue weighted by molar-refractivity contribution is -0.143. The number of rotatable bonds is 5. The van der Waals surface area contributed by atoms with Gasteiger partial charge in [0.05, 0.1) is 12.7 Å². The number of aliphatic hydroxyl groups is 1. The van der Waals surface area contributed by atoms with Gasteiger partial charge < -0.3 is 9.84 Å². The quantitative estimate of drug-likeness (QED) is 0.598. The molecule has 0 fully saturated rings. The molecule has 3 atom stereocenters. The Morgan fingerprint density at radius 1 is 1.69 bits per heavy atom. The van der Waals surface area contributed by atoms with Gasteiger partial charge >= 0.3 is 5.97 Å². The van der Waals surface area contributed by atoms with E-state index >= 15 is 0 Å². The highest BCUT2D eigenvalue weighted by Gasteiger charge is 2.23. The maximum absolute atomic E-state index is 12.5. The molecule has 0 aliphatic heterocycles. The maximum atomic E-state index is 12.5. The molecular weight excluding hydrogens is 243 g/mol. The lowest BCUT2D eigenvalue weighted by Crippen LogP contribution is -2.27. The fourth-order valence-corrected chi connectivity index (χ4v) is 1.24. The van der Waals surface area contributed by atoms with Crippen molar-refractivity contribution in [2.45, 2.75) is 37.4 Å². The Morgan fingerprint density at radius 3 is 2.62 bits per heavy atom. The monoisotopic (exact) mass is 256 g/mol. The van der Waals surface area contributed by atoms with Crippen LogP contribution in [0.15, 0.2) is 0 Å². The lowest BCUT2D eigenvalue weighted by atomic mass is 10.1. The molecule has 0 spiro atoms. The Balaban J connectivity index is 3.85. The SMILES string of the molecule is CCOC(=O)C(Br)CC(O)C(C)F. The molecule has 0 aromatic heterocycles. The third-order valence-electron chi connectivity index (χ3n) is 1.52. The molecule has 13 heavy (non-hydrogen) atoms. The van der Waals surface area contributed by atoms with E-state index in [-0.39, 0.29) is 13.0 Å². The van der Waals surface area contributed by atoms with Crippen LogP contribution in [0.4, 0.5) is 4.39 Å². The molecule has 5 heteroatoms. The molecule has 3 unspecified atom stereocenters. The van der Waals surface area contributed by atoms with Crippen molar-refractivity contribution in [1.29, 1.82) is 0 Å². The molecule has 0 bridgehead atoms. The van der Waals surface area contributed by atoms with Gasteiger partial charge in [-0.15, -0.1) is 0 Å². The number of carbonyl (C=O) groups is 1. The number of halogens is 2. The van der Waals surface area contributed by atoms with Gasteiger partial charge in [-0.05, 0) is 20.3 Å². The highest BCUT2D eigenvalue weighted by atomic mass is 79.9. The fourth-order valence-electron chi connectivity index (χ4n) is 0.728. The van der Waals surface area contributed by atoms with Crippen LogP contribution in [0.5, 0.6) is 0 Å². The summed E-state index contributed by atoms with van der Waals surface area (Å²) < 4.78 is 17.1. The van der Waals surface area contributed by atoms with Crippen LogP contribution in [-0.4, -0.2) is 34.8 Å². The Morgan fingerprint density at radius 2 is 2.23 bits per heavy atom. The molecular formula is C8H14BrFO3. The Hall–Kier alpha value is -0.160. The largest absolute Gasteiger partial charge is 0.465 e. The number of carbonyl (C=O) groups excluding carboxylic acids is 1. The van der Waals surface area contributed by atoms with Crippen LogP contribution in [-0.2, 0) is 9.53 Å². The number of alkyl halides is 2. The molecule has 78 valence electrons. The summed E-state index contributed by atoms with van der Waals surface area (Å²) in [6.07, 6.45) is -2.44. The topological polar surface area (TPSA) is 46.5 Å². The van der Waals surface area contributed by atoms with E-state index in [1.807, 2.05) is 0 Å². The minimum Gasteiger partial charge on any atom is -0.465 e. The Kier molecular flexibility index (Phi) is 6.24. The zero-order valence-corrected chi connectivity index (χ0v) is 9.25. The summed E-state index contributed by atoms with van der Waals surface area (Å²) in [6, 6.07) is 0. The summed E-state index contributed by atoms with van der Waals surface area (Å²) in [6.45, 7) is 3.21. The van der Waals surface area contributed by atoms with Gasteiger partial charge in [0, 0.05) is 0 Å². The van der Waals surface area contributed by atoms with Crippen LogP contribution in [0, 0.1) is 0 Å². The first-order valence-electron chi connectivity index (χ1n) is 4.11. The summed E-state index contributed by atoms with van der Waals surface area (Å²) in [7, 11) is 0. The normalized spacial score (nSPS) is 17.6. The second-order valence-corrected chi connectivity index (χ2v) is 3.81. The molecule has 0 saturated heterocycles. The summed E-state index contributed by atoms with van der Waals surface area (Å²) >= 11 is 3.01. The molecule has 0 amide bonds. The van der Waals surface area contributed by atoms with Crippen molar-refractivity contribution in [2.75, 3.05) is 6.61 Å². The minimum atomic E-state index is -1.34. The van der Waals surface area contributed by atoms with Gasteiger partial charge in [-0.2, -0.15) is 0 Å². The standard InChI is InChI=1S/C8H14BrFO3/c1-3-13-8(12)6(9)4-7(11)5(2)10/h5-7,11H,3-4H2,1-2H3. The van der Waals surface area contributed by atoms with Crippen LogP contribution in [0.1, 0.15) is 20.3 Å². The third kappa shape index (κ3) is 5.21. The lowest BCUT2D eigenvalue weighted by Gasteiger charge is -2.14. The van der Waals surface area contributed by atoms with E-state index in [0.717, 1.165) is 0 Å². The van der Waals surface area contributed by atoms with Crippen LogP contribution < -0.4 is 0 Å². The summed E-state index contributed by atoms with van der Waals surface area (Å²) in [4.78, 5) is 10.4. The van der Waals surface area contributed by atoms with Gasteiger partial charge in [-0.3, -0.25) is 4.79 Å². The number of hydrogen-bond donors (Lipinski definition) is 1. The average Bonchev–Trinajstić information content (AvgIpc) is 2.04. The Labute approximate surface area is 85.4 Å². The molecule has 0 aliphatic carbocycles. The molecule has 3 nitrogen and oxygen atoms in total. The molecule has 1 N–H and O–H groups in total. The van der Waals surface area contributed by atoms with E-state index < -0.39 is 23.1 Å². The van der Waals surface area contributed by atoms with Crippen molar-refractivity contribution < 1.29 is 19.0 Å². The van der Waals surface area contributed by atoms with Gasteiger partial charge in [0.1, 0.15) is 11.0 Å². The number of hydrogen-bond acceptors (Lipinski definition) is 3. The first-order chi connectivity index (χ1) is 5.99. The van der Waals surface area contributed by atoms with E-state index in [2.05, 4.69) is 20.7 Å². The smallest absolute Gasteiger partial charge is 0.319 e. The Bertz CT molecular complexity index is 163. The number of esters is 1. The van der Waals surface area contributed by atoms with Crippen molar-refractivity contribution in [3.63, 3.8) is 0 Å². The van der Waals surface area contributed by atoms with E-state index in [9.17, 15) is 9.18 Å². The highest BCUT2D eigenvalue weighted by molar-refractivity contribution is 9.10. The van der Waals surface area contributed by atoms with Crippen LogP contribution in [0.2, 0.25) is 0 Å². The molecule has 0 saturated carbocycles. The van der Waals surface area contributed by atoms with Crippen LogP contribution in [0.25, 0.3) is 0 Å².